The number of pyridine rings is 1. The van der Waals surface area contributed by atoms with Crippen molar-refractivity contribution in [1.29, 1.82) is 0 Å². The van der Waals surface area contributed by atoms with Crippen LogP contribution in [0.1, 0.15) is 25.0 Å². The van der Waals surface area contributed by atoms with E-state index in [-0.39, 0.29) is 5.60 Å². The average molecular weight is 290 g/mol. The maximum atomic E-state index is 5.98. The van der Waals surface area contributed by atoms with Crippen LogP contribution in [0.2, 0.25) is 0 Å². The van der Waals surface area contributed by atoms with Crippen LogP contribution in [0.15, 0.2) is 36.5 Å². The number of aromatic nitrogens is 1. The van der Waals surface area contributed by atoms with Crippen LogP contribution in [-0.4, -0.2) is 10.6 Å². The van der Waals surface area contributed by atoms with Gasteiger partial charge in [0.1, 0.15) is 5.60 Å². The molecule has 0 fully saturated rings. The molecule has 0 spiro atoms. The van der Waals surface area contributed by atoms with E-state index in [1.165, 1.54) is 5.56 Å². The van der Waals surface area contributed by atoms with Crippen LogP contribution in [0.3, 0.4) is 0 Å². The van der Waals surface area contributed by atoms with E-state index >= 15 is 0 Å². The molecule has 2 aromatic rings. The molecule has 0 N–H and O–H groups in total. The standard InChI is InChI=1S/C16H16ClNO2/c1-16(2)9-12-4-3-5-13(15(12)20-16)19-14-8-11(10-17)6-7-18-14/h3-8H,9-10H2,1-2H3. The average Bonchev–Trinajstić information content (AvgIpc) is 2.74. The second kappa shape index (κ2) is 4.98. The largest absolute Gasteiger partial charge is 0.483 e. The predicted octanol–water partition coefficient (Wildman–Crippen LogP) is 4.33. The Kier molecular flexibility index (Phi) is 3.30. The number of fused-ring (bicyclic) bond motifs is 1. The van der Waals surface area contributed by atoms with Gasteiger partial charge in [-0.1, -0.05) is 12.1 Å². The van der Waals surface area contributed by atoms with Crippen LogP contribution < -0.4 is 9.47 Å². The lowest BCUT2D eigenvalue weighted by molar-refractivity contribution is 0.135. The third-order valence-electron chi connectivity index (χ3n) is 3.22. The molecule has 20 heavy (non-hydrogen) atoms. The first-order chi connectivity index (χ1) is 9.57. The maximum Gasteiger partial charge on any atom is 0.219 e. The molecule has 0 unspecified atom stereocenters. The van der Waals surface area contributed by atoms with Gasteiger partial charge in [0.05, 0.1) is 0 Å². The van der Waals surface area contributed by atoms with Gasteiger partial charge in [-0.25, -0.2) is 4.98 Å². The third-order valence-corrected chi connectivity index (χ3v) is 3.53. The molecular weight excluding hydrogens is 274 g/mol. The van der Waals surface area contributed by atoms with Gasteiger partial charge in [-0.2, -0.15) is 0 Å². The van der Waals surface area contributed by atoms with Crippen molar-refractivity contribution >= 4 is 11.6 Å². The summed E-state index contributed by atoms with van der Waals surface area (Å²) in [5, 5.41) is 0. The van der Waals surface area contributed by atoms with Gasteiger partial charge in [0.25, 0.3) is 0 Å². The summed E-state index contributed by atoms with van der Waals surface area (Å²) in [5.41, 5.74) is 1.96. The van der Waals surface area contributed by atoms with E-state index in [1.807, 2.05) is 24.3 Å². The number of benzene rings is 1. The lowest BCUT2D eigenvalue weighted by Crippen LogP contribution is -2.24. The van der Waals surface area contributed by atoms with Crippen LogP contribution in [0.25, 0.3) is 0 Å². The molecule has 1 aliphatic heterocycles. The number of nitrogens with zero attached hydrogens (tertiary/aromatic N) is 1. The fourth-order valence-corrected chi connectivity index (χ4v) is 2.54. The van der Waals surface area contributed by atoms with Gasteiger partial charge in [0.15, 0.2) is 11.5 Å². The van der Waals surface area contributed by atoms with Crippen LogP contribution in [-0.2, 0) is 12.3 Å². The van der Waals surface area contributed by atoms with Crippen molar-refractivity contribution in [2.75, 3.05) is 0 Å². The molecule has 0 aliphatic carbocycles. The molecule has 3 nitrogen and oxygen atoms in total. The number of para-hydroxylation sites is 1. The molecule has 1 aromatic heterocycles. The highest BCUT2D eigenvalue weighted by Crippen LogP contribution is 2.43. The van der Waals surface area contributed by atoms with E-state index < -0.39 is 0 Å². The van der Waals surface area contributed by atoms with Crippen LogP contribution in [0.4, 0.5) is 0 Å². The number of rotatable bonds is 3. The lowest BCUT2D eigenvalue weighted by Gasteiger charge is -2.18. The number of hydrogen-bond acceptors (Lipinski definition) is 3. The van der Waals surface area contributed by atoms with Crippen LogP contribution >= 0.6 is 11.6 Å². The minimum absolute atomic E-state index is 0.187. The van der Waals surface area contributed by atoms with E-state index in [0.717, 1.165) is 17.7 Å². The molecule has 3 rings (SSSR count). The molecule has 1 aliphatic rings. The van der Waals surface area contributed by atoms with Crippen molar-refractivity contribution in [3.05, 3.63) is 47.7 Å². The monoisotopic (exact) mass is 289 g/mol. The molecule has 0 amide bonds. The topological polar surface area (TPSA) is 31.4 Å². The smallest absolute Gasteiger partial charge is 0.219 e. The Labute approximate surface area is 123 Å². The molecule has 0 radical (unpaired) electrons. The lowest BCUT2D eigenvalue weighted by atomic mass is 10.0. The number of halogens is 1. The van der Waals surface area contributed by atoms with Crippen molar-refractivity contribution in [2.24, 2.45) is 0 Å². The summed E-state index contributed by atoms with van der Waals surface area (Å²) in [6, 6.07) is 9.65. The summed E-state index contributed by atoms with van der Waals surface area (Å²) >= 11 is 5.83. The van der Waals surface area contributed by atoms with Gasteiger partial charge >= 0.3 is 0 Å². The van der Waals surface area contributed by atoms with Crippen LogP contribution in [0.5, 0.6) is 17.4 Å². The first kappa shape index (κ1) is 13.3. The van der Waals surface area contributed by atoms with Crippen molar-refractivity contribution in [3.8, 4) is 17.4 Å². The van der Waals surface area contributed by atoms with Crippen molar-refractivity contribution < 1.29 is 9.47 Å². The molecular formula is C16H16ClNO2. The third kappa shape index (κ3) is 2.59. The Balaban J connectivity index is 1.91. The van der Waals surface area contributed by atoms with E-state index in [1.54, 1.807) is 6.20 Å². The quantitative estimate of drug-likeness (QED) is 0.788. The zero-order chi connectivity index (χ0) is 14.2. The molecule has 2 heterocycles. The van der Waals surface area contributed by atoms with E-state index in [9.17, 15) is 0 Å². The summed E-state index contributed by atoms with van der Waals surface area (Å²) in [7, 11) is 0. The molecule has 4 heteroatoms. The van der Waals surface area contributed by atoms with Gasteiger partial charge in [-0.15, -0.1) is 11.6 Å². The Hall–Kier alpha value is -1.74. The van der Waals surface area contributed by atoms with Gasteiger partial charge in [-0.05, 0) is 31.5 Å². The fourth-order valence-electron chi connectivity index (χ4n) is 2.37. The number of alkyl halides is 1. The Morgan fingerprint density at radius 1 is 1.35 bits per heavy atom. The summed E-state index contributed by atoms with van der Waals surface area (Å²) in [6.07, 6.45) is 2.58. The predicted molar refractivity (Wildman–Crippen MR) is 78.7 cm³/mol. The SMILES string of the molecule is CC1(C)Cc2cccc(Oc3cc(CCl)ccn3)c2O1. The van der Waals surface area contributed by atoms with E-state index in [2.05, 4.69) is 24.9 Å². The number of ether oxygens (including phenoxy) is 2. The first-order valence-corrected chi connectivity index (χ1v) is 7.10. The molecule has 0 saturated heterocycles. The Bertz CT molecular complexity index is 640. The fraction of sp³-hybridized carbons (Fsp3) is 0.312. The van der Waals surface area contributed by atoms with Crippen LogP contribution in [0, 0.1) is 0 Å². The summed E-state index contributed by atoms with van der Waals surface area (Å²) in [4.78, 5) is 4.21. The first-order valence-electron chi connectivity index (χ1n) is 6.57. The molecule has 1 aromatic carbocycles. The van der Waals surface area contributed by atoms with Crippen molar-refractivity contribution in [2.45, 2.75) is 31.7 Å². The van der Waals surface area contributed by atoms with Crippen molar-refractivity contribution in [1.82, 2.24) is 4.98 Å². The highest BCUT2D eigenvalue weighted by molar-refractivity contribution is 6.17. The minimum Gasteiger partial charge on any atom is -0.483 e. The van der Waals surface area contributed by atoms with E-state index in [4.69, 9.17) is 21.1 Å². The zero-order valence-corrected chi connectivity index (χ0v) is 12.3. The summed E-state index contributed by atoms with van der Waals surface area (Å²) < 4.78 is 11.8. The Morgan fingerprint density at radius 3 is 3.00 bits per heavy atom. The minimum atomic E-state index is -0.187. The van der Waals surface area contributed by atoms with Gasteiger partial charge < -0.3 is 9.47 Å². The molecule has 0 bridgehead atoms. The highest BCUT2D eigenvalue weighted by atomic mass is 35.5. The highest BCUT2D eigenvalue weighted by Gasteiger charge is 2.32. The van der Waals surface area contributed by atoms with E-state index in [0.29, 0.717) is 17.5 Å². The van der Waals surface area contributed by atoms with Gasteiger partial charge in [0.2, 0.25) is 5.88 Å². The van der Waals surface area contributed by atoms with Crippen molar-refractivity contribution in [3.63, 3.8) is 0 Å². The summed E-state index contributed by atoms with van der Waals surface area (Å²) in [5.74, 6) is 2.49. The Morgan fingerprint density at radius 2 is 2.20 bits per heavy atom. The molecule has 0 atom stereocenters. The maximum absolute atomic E-state index is 5.98. The van der Waals surface area contributed by atoms with Gasteiger partial charge in [0, 0.05) is 30.1 Å². The molecule has 104 valence electrons. The van der Waals surface area contributed by atoms with Gasteiger partial charge in [-0.3, -0.25) is 0 Å². The second-order valence-corrected chi connectivity index (χ2v) is 5.79. The summed E-state index contributed by atoms with van der Waals surface area (Å²) in [6.45, 7) is 4.15. The second-order valence-electron chi connectivity index (χ2n) is 5.52. The normalized spacial score (nSPS) is 15.6. The zero-order valence-electron chi connectivity index (χ0n) is 11.5. The number of hydrogen-bond donors (Lipinski definition) is 0. The molecule has 0 saturated carbocycles.